The van der Waals surface area contributed by atoms with Gasteiger partial charge in [-0.05, 0) is 36.7 Å². The highest BCUT2D eigenvalue weighted by atomic mass is 32.2. The van der Waals surface area contributed by atoms with Gasteiger partial charge in [0.15, 0.2) is 0 Å². The molecule has 0 atom stereocenters. The zero-order chi connectivity index (χ0) is 12.7. The van der Waals surface area contributed by atoms with Gasteiger partial charge in [0.05, 0.1) is 11.2 Å². The number of carbonyl (C=O) groups excluding carboxylic acids is 1. The van der Waals surface area contributed by atoms with E-state index < -0.39 is 0 Å². The Morgan fingerprint density at radius 2 is 2.06 bits per heavy atom. The van der Waals surface area contributed by atoms with Crippen LogP contribution in [-0.2, 0) is 9.53 Å². The zero-order valence-electron chi connectivity index (χ0n) is 10.9. The Balaban J connectivity index is 2.39. The smallest absolute Gasteiger partial charge is 0.330 e. The van der Waals surface area contributed by atoms with Crippen molar-refractivity contribution in [1.82, 2.24) is 0 Å². The maximum atomic E-state index is 11.2. The van der Waals surface area contributed by atoms with E-state index in [0.29, 0.717) is 11.2 Å². The molecule has 1 aliphatic heterocycles. The summed E-state index contributed by atoms with van der Waals surface area (Å²) in [5.74, 6) is 2.30. The minimum atomic E-state index is -0.229. The van der Waals surface area contributed by atoms with E-state index in [1.54, 1.807) is 6.08 Å². The highest BCUT2D eigenvalue weighted by Gasteiger charge is 2.30. The van der Waals surface area contributed by atoms with Gasteiger partial charge in [-0.1, -0.05) is 19.9 Å². The van der Waals surface area contributed by atoms with Gasteiger partial charge in [-0.15, -0.1) is 23.5 Å². The maximum absolute atomic E-state index is 11.2. The molecule has 0 aromatic heterocycles. The van der Waals surface area contributed by atoms with Crippen LogP contribution in [0.2, 0.25) is 0 Å². The molecule has 1 aliphatic rings. The van der Waals surface area contributed by atoms with Gasteiger partial charge >= 0.3 is 5.97 Å². The van der Waals surface area contributed by atoms with Crippen molar-refractivity contribution in [2.24, 2.45) is 5.41 Å². The lowest BCUT2D eigenvalue weighted by Crippen LogP contribution is -2.26. The molecule has 1 fully saturated rings. The highest BCUT2D eigenvalue weighted by molar-refractivity contribution is 8.17. The van der Waals surface area contributed by atoms with E-state index in [-0.39, 0.29) is 11.4 Å². The summed E-state index contributed by atoms with van der Waals surface area (Å²) in [4.78, 5) is 11.2. The van der Waals surface area contributed by atoms with Gasteiger partial charge in [0.25, 0.3) is 0 Å². The number of rotatable bonds is 5. The second-order valence-electron chi connectivity index (χ2n) is 4.77. The van der Waals surface area contributed by atoms with E-state index in [2.05, 4.69) is 37.4 Å². The van der Waals surface area contributed by atoms with Crippen LogP contribution in [0.5, 0.6) is 0 Å². The monoisotopic (exact) mass is 274 g/mol. The zero-order valence-corrected chi connectivity index (χ0v) is 12.5. The lowest BCUT2D eigenvalue weighted by molar-refractivity contribution is -0.137. The number of carbonyl (C=O) groups is 1. The maximum Gasteiger partial charge on any atom is 0.330 e. The Labute approximate surface area is 113 Å². The lowest BCUT2D eigenvalue weighted by Gasteiger charge is -2.35. The quantitative estimate of drug-likeness (QED) is 0.564. The molecule has 0 radical (unpaired) electrons. The van der Waals surface area contributed by atoms with Crippen LogP contribution in [0.25, 0.3) is 0 Å². The predicted molar refractivity (Wildman–Crippen MR) is 77.5 cm³/mol. The largest absolute Gasteiger partial charge is 0.463 e. The first-order valence-electron chi connectivity index (χ1n) is 6.13. The molecule has 0 aromatic carbocycles. The first-order valence-corrected chi connectivity index (χ1v) is 8.22. The summed E-state index contributed by atoms with van der Waals surface area (Å²) in [6, 6.07) is 0. The van der Waals surface area contributed by atoms with E-state index in [0.717, 1.165) is 6.42 Å². The number of hydrogen-bond donors (Lipinski definition) is 0. The van der Waals surface area contributed by atoms with Crippen molar-refractivity contribution in [3.63, 3.8) is 0 Å². The van der Waals surface area contributed by atoms with Crippen molar-refractivity contribution in [2.45, 2.75) is 38.2 Å². The summed E-state index contributed by atoms with van der Waals surface area (Å²) in [5.41, 5.74) is 0.235. The van der Waals surface area contributed by atoms with Crippen molar-refractivity contribution >= 4 is 29.5 Å². The van der Waals surface area contributed by atoms with Gasteiger partial charge in [-0.2, -0.15) is 0 Å². The van der Waals surface area contributed by atoms with Gasteiger partial charge < -0.3 is 4.74 Å². The summed E-state index contributed by atoms with van der Waals surface area (Å²) >= 11 is 4.10. The number of ether oxygens (including phenoxy) is 1. The normalized spacial score (nSPS) is 18.5. The highest BCUT2D eigenvalue weighted by Crippen LogP contribution is 2.44. The fourth-order valence-electron chi connectivity index (χ4n) is 1.68. The fraction of sp³-hybridized carbons (Fsp3) is 0.769. The Hall–Kier alpha value is -0.0900. The van der Waals surface area contributed by atoms with Crippen LogP contribution < -0.4 is 0 Å². The Morgan fingerprint density at radius 3 is 2.65 bits per heavy atom. The molecule has 2 nitrogen and oxygen atoms in total. The molecule has 4 heteroatoms. The second-order valence-corrected chi connectivity index (χ2v) is 7.50. The third kappa shape index (κ3) is 5.38. The van der Waals surface area contributed by atoms with Crippen LogP contribution in [0.3, 0.4) is 0 Å². The molecule has 0 bridgehead atoms. The van der Waals surface area contributed by atoms with Gasteiger partial charge in [0.1, 0.15) is 0 Å². The number of hydrogen-bond acceptors (Lipinski definition) is 4. The molecule has 98 valence electrons. The van der Waals surface area contributed by atoms with Crippen LogP contribution in [0.4, 0.5) is 0 Å². The van der Waals surface area contributed by atoms with Crippen molar-refractivity contribution < 1.29 is 9.53 Å². The van der Waals surface area contributed by atoms with Crippen LogP contribution in [0.1, 0.15) is 33.6 Å². The lowest BCUT2D eigenvalue weighted by atomic mass is 9.91. The molecule has 0 unspecified atom stereocenters. The molecular formula is C13H22O2S2. The van der Waals surface area contributed by atoms with E-state index in [1.165, 1.54) is 17.9 Å². The SMILES string of the molecule is CCOC(=O)/C=C/CC(C)(C)C1SCCCS1. The van der Waals surface area contributed by atoms with Gasteiger partial charge in [-0.3, -0.25) is 0 Å². The second kappa shape index (κ2) is 7.37. The van der Waals surface area contributed by atoms with Crippen molar-refractivity contribution in [2.75, 3.05) is 18.1 Å². The number of allylic oxidation sites excluding steroid dienone is 1. The summed E-state index contributed by atoms with van der Waals surface area (Å²) in [6.45, 7) is 6.82. The van der Waals surface area contributed by atoms with Gasteiger partial charge in [-0.25, -0.2) is 4.79 Å². The average molecular weight is 274 g/mol. The van der Waals surface area contributed by atoms with Crippen LogP contribution in [0, 0.1) is 5.41 Å². The molecule has 0 aromatic rings. The van der Waals surface area contributed by atoms with E-state index >= 15 is 0 Å². The predicted octanol–water partition coefficient (Wildman–Crippen LogP) is 3.72. The molecular weight excluding hydrogens is 252 g/mol. The molecule has 1 heterocycles. The van der Waals surface area contributed by atoms with Gasteiger partial charge in [0.2, 0.25) is 0 Å². The number of esters is 1. The van der Waals surface area contributed by atoms with E-state index in [1.807, 2.05) is 13.0 Å². The van der Waals surface area contributed by atoms with Crippen LogP contribution >= 0.6 is 23.5 Å². The summed E-state index contributed by atoms with van der Waals surface area (Å²) in [6.07, 6.45) is 5.76. The Morgan fingerprint density at radius 1 is 1.41 bits per heavy atom. The van der Waals surface area contributed by atoms with E-state index in [9.17, 15) is 4.79 Å². The van der Waals surface area contributed by atoms with Crippen molar-refractivity contribution in [3.8, 4) is 0 Å². The summed E-state index contributed by atoms with van der Waals surface area (Å²) < 4.78 is 5.51. The van der Waals surface area contributed by atoms with Gasteiger partial charge in [0, 0.05) is 6.08 Å². The van der Waals surface area contributed by atoms with Crippen LogP contribution in [0.15, 0.2) is 12.2 Å². The summed E-state index contributed by atoms with van der Waals surface area (Å²) in [5, 5.41) is 0. The molecule has 0 saturated carbocycles. The molecule has 1 saturated heterocycles. The van der Waals surface area contributed by atoms with Crippen LogP contribution in [-0.4, -0.2) is 28.7 Å². The molecule has 1 rings (SSSR count). The fourth-order valence-corrected chi connectivity index (χ4v) is 4.97. The average Bonchev–Trinajstić information content (AvgIpc) is 2.30. The Kier molecular flexibility index (Phi) is 6.49. The summed E-state index contributed by atoms with van der Waals surface area (Å²) in [7, 11) is 0. The Bertz CT molecular complexity index is 269. The third-order valence-corrected chi connectivity index (χ3v) is 6.40. The first-order chi connectivity index (χ1) is 8.06. The first kappa shape index (κ1) is 15.0. The van der Waals surface area contributed by atoms with Crippen molar-refractivity contribution in [1.29, 1.82) is 0 Å². The molecule has 0 aliphatic carbocycles. The molecule has 17 heavy (non-hydrogen) atoms. The molecule has 0 spiro atoms. The van der Waals surface area contributed by atoms with E-state index in [4.69, 9.17) is 4.74 Å². The minimum absolute atomic E-state index is 0.229. The van der Waals surface area contributed by atoms with Crippen molar-refractivity contribution in [3.05, 3.63) is 12.2 Å². The minimum Gasteiger partial charge on any atom is -0.463 e. The number of thioether (sulfide) groups is 2. The topological polar surface area (TPSA) is 26.3 Å². The molecule has 0 amide bonds. The standard InChI is InChI=1S/C13H22O2S2/c1-4-15-11(14)7-5-8-13(2,3)12-16-9-6-10-17-12/h5,7,12H,4,6,8-10H2,1-3H3/b7-5+. The third-order valence-electron chi connectivity index (χ3n) is 2.65. The molecule has 0 N–H and O–H groups in total.